The molecule has 106 valence electrons. The molecule has 1 heterocycles. The van der Waals surface area contributed by atoms with E-state index in [-0.39, 0.29) is 19.1 Å². The van der Waals surface area contributed by atoms with Crippen LogP contribution in [0.2, 0.25) is 0 Å². The van der Waals surface area contributed by atoms with Crippen LogP contribution in [0.15, 0.2) is 36.5 Å². The lowest BCUT2D eigenvalue weighted by atomic mass is 10.3. The standard InChI is InChI=1S/C14H16N2O3S/c1-10-15-8-13(20-10)14(18)16-7-11(17)9-19-12-5-3-2-4-6-12/h2-6,8,11,17H,7,9H2,1H3,(H,16,18). The molecule has 0 fully saturated rings. The van der Waals surface area contributed by atoms with E-state index in [0.717, 1.165) is 5.01 Å². The lowest BCUT2D eigenvalue weighted by molar-refractivity contribution is 0.0847. The summed E-state index contributed by atoms with van der Waals surface area (Å²) in [7, 11) is 0. The van der Waals surface area contributed by atoms with Crippen molar-refractivity contribution in [3.05, 3.63) is 46.4 Å². The van der Waals surface area contributed by atoms with Crippen molar-refractivity contribution < 1.29 is 14.6 Å². The van der Waals surface area contributed by atoms with E-state index in [1.807, 2.05) is 37.3 Å². The van der Waals surface area contributed by atoms with Gasteiger partial charge in [-0.15, -0.1) is 11.3 Å². The number of carbonyl (C=O) groups is 1. The maximum absolute atomic E-state index is 11.7. The van der Waals surface area contributed by atoms with Crippen molar-refractivity contribution in [3.63, 3.8) is 0 Å². The van der Waals surface area contributed by atoms with Crippen molar-refractivity contribution in [3.8, 4) is 5.75 Å². The van der Waals surface area contributed by atoms with Crippen LogP contribution in [0.25, 0.3) is 0 Å². The number of thiazole rings is 1. The van der Waals surface area contributed by atoms with Gasteiger partial charge in [-0.3, -0.25) is 4.79 Å². The molecular weight excluding hydrogens is 276 g/mol. The number of amides is 1. The summed E-state index contributed by atoms with van der Waals surface area (Å²) in [5.41, 5.74) is 0. The van der Waals surface area contributed by atoms with Crippen molar-refractivity contribution in [2.75, 3.05) is 13.2 Å². The Hall–Kier alpha value is -1.92. The van der Waals surface area contributed by atoms with Crippen LogP contribution in [-0.2, 0) is 0 Å². The predicted molar refractivity (Wildman–Crippen MR) is 77.1 cm³/mol. The molecule has 0 bridgehead atoms. The van der Waals surface area contributed by atoms with Crippen molar-refractivity contribution >= 4 is 17.2 Å². The number of aliphatic hydroxyl groups excluding tert-OH is 1. The van der Waals surface area contributed by atoms with Crippen molar-refractivity contribution in [1.82, 2.24) is 10.3 Å². The fourth-order valence-electron chi connectivity index (χ4n) is 1.53. The first-order chi connectivity index (χ1) is 9.65. The van der Waals surface area contributed by atoms with E-state index < -0.39 is 6.10 Å². The summed E-state index contributed by atoms with van der Waals surface area (Å²) in [5.74, 6) is 0.463. The van der Waals surface area contributed by atoms with Gasteiger partial charge >= 0.3 is 0 Å². The van der Waals surface area contributed by atoms with Gasteiger partial charge in [-0.25, -0.2) is 4.98 Å². The maximum Gasteiger partial charge on any atom is 0.263 e. The van der Waals surface area contributed by atoms with Crippen LogP contribution in [0.5, 0.6) is 5.75 Å². The van der Waals surface area contributed by atoms with E-state index in [2.05, 4.69) is 10.3 Å². The minimum absolute atomic E-state index is 0.131. The van der Waals surface area contributed by atoms with E-state index in [9.17, 15) is 9.90 Å². The summed E-state index contributed by atoms with van der Waals surface area (Å²) in [5, 5.41) is 13.2. The monoisotopic (exact) mass is 292 g/mol. The summed E-state index contributed by atoms with van der Waals surface area (Å²) >= 11 is 1.32. The van der Waals surface area contributed by atoms with Crippen LogP contribution in [0, 0.1) is 6.92 Å². The average Bonchev–Trinajstić information content (AvgIpc) is 2.90. The third-order valence-electron chi connectivity index (χ3n) is 2.53. The maximum atomic E-state index is 11.7. The van der Waals surface area contributed by atoms with Gasteiger partial charge in [0.15, 0.2) is 0 Å². The third-order valence-corrected chi connectivity index (χ3v) is 3.44. The number of hydrogen-bond acceptors (Lipinski definition) is 5. The number of benzene rings is 1. The van der Waals surface area contributed by atoms with Gasteiger partial charge in [0, 0.05) is 6.54 Å². The fraction of sp³-hybridized carbons (Fsp3) is 0.286. The highest BCUT2D eigenvalue weighted by Crippen LogP contribution is 2.11. The SMILES string of the molecule is Cc1ncc(C(=O)NCC(O)COc2ccccc2)s1. The number of aliphatic hydroxyl groups is 1. The molecule has 5 nitrogen and oxygen atoms in total. The zero-order chi connectivity index (χ0) is 14.4. The summed E-state index contributed by atoms with van der Waals surface area (Å²) in [6, 6.07) is 9.22. The average molecular weight is 292 g/mol. The second-order valence-electron chi connectivity index (χ2n) is 4.23. The van der Waals surface area contributed by atoms with Crippen LogP contribution in [0.1, 0.15) is 14.7 Å². The summed E-state index contributed by atoms with van der Waals surface area (Å²) in [6.45, 7) is 2.11. The number of nitrogens with one attached hydrogen (secondary N) is 1. The number of rotatable bonds is 6. The first-order valence-electron chi connectivity index (χ1n) is 6.21. The molecule has 2 N–H and O–H groups in total. The molecule has 1 unspecified atom stereocenters. The largest absolute Gasteiger partial charge is 0.491 e. The first kappa shape index (κ1) is 14.5. The molecule has 2 aromatic rings. The van der Waals surface area contributed by atoms with Crippen LogP contribution < -0.4 is 10.1 Å². The molecule has 1 atom stereocenters. The molecule has 6 heteroatoms. The molecule has 0 saturated carbocycles. The fourth-order valence-corrected chi connectivity index (χ4v) is 2.23. The molecule has 0 aliphatic carbocycles. The van der Waals surface area contributed by atoms with Crippen molar-refractivity contribution in [2.45, 2.75) is 13.0 Å². The smallest absolute Gasteiger partial charge is 0.263 e. The number of hydrogen-bond donors (Lipinski definition) is 2. The Balaban J connectivity index is 1.72. The van der Waals surface area contributed by atoms with Crippen LogP contribution in [0.3, 0.4) is 0 Å². The van der Waals surface area contributed by atoms with Gasteiger partial charge in [0.25, 0.3) is 5.91 Å². The topological polar surface area (TPSA) is 71.5 Å². The first-order valence-corrected chi connectivity index (χ1v) is 7.03. The predicted octanol–water partition coefficient (Wildman–Crippen LogP) is 1.62. The molecular formula is C14H16N2O3S. The van der Waals surface area contributed by atoms with Crippen molar-refractivity contribution in [1.29, 1.82) is 0 Å². The van der Waals surface area contributed by atoms with E-state index in [1.54, 1.807) is 0 Å². The van der Waals surface area contributed by atoms with Gasteiger partial charge in [-0.2, -0.15) is 0 Å². The zero-order valence-electron chi connectivity index (χ0n) is 11.1. The highest BCUT2D eigenvalue weighted by Gasteiger charge is 2.11. The van der Waals surface area contributed by atoms with Gasteiger partial charge in [-0.1, -0.05) is 18.2 Å². The molecule has 1 aromatic heterocycles. The molecule has 2 rings (SSSR count). The number of ether oxygens (including phenoxy) is 1. The normalized spacial score (nSPS) is 11.9. The van der Waals surface area contributed by atoms with E-state index in [0.29, 0.717) is 10.6 Å². The van der Waals surface area contributed by atoms with Gasteiger partial charge in [0.05, 0.1) is 11.2 Å². The molecule has 0 aliphatic heterocycles. The van der Waals surface area contributed by atoms with Gasteiger partial charge < -0.3 is 15.2 Å². The minimum atomic E-state index is -0.756. The Bertz CT molecular complexity index is 557. The Kier molecular flexibility index (Phi) is 5.09. The second-order valence-corrected chi connectivity index (χ2v) is 5.47. The lowest BCUT2D eigenvalue weighted by Crippen LogP contribution is -2.35. The molecule has 0 saturated heterocycles. The molecule has 0 radical (unpaired) electrons. The highest BCUT2D eigenvalue weighted by atomic mass is 32.1. The van der Waals surface area contributed by atoms with Crippen molar-refractivity contribution in [2.24, 2.45) is 0 Å². The highest BCUT2D eigenvalue weighted by molar-refractivity contribution is 7.13. The lowest BCUT2D eigenvalue weighted by Gasteiger charge is -2.12. The molecule has 1 amide bonds. The summed E-state index contributed by atoms with van der Waals surface area (Å²) in [4.78, 5) is 16.3. The van der Waals surface area contributed by atoms with Crippen LogP contribution in [0.4, 0.5) is 0 Å². The quantitative estimate of drug-likeness (QED) is 0.848. The van der Waals surface area contributed by atoms with Gasteiger partial charge in [-0.05, 0) is 19.1 Å². The van der Waals surface area contributed by atoms with E-state index >= 15 is 0 Å². The second kappa shape index (κ2) is 7.02. The summed E-state index contributed by atoms with van der Waals surface area (Å²) < 4.78 is 5.40. The Labute approximate surface area is 121 Å². The molecule has 0 aliphatic rings. The number of carbonyl (C=O) groups excluding carboxylic acids is 1. The molecule has 0 spiro atoms. The number of nitrogens with zero attached hydrogens (tertiary/aromatic N) is 1. The number of para-hydroxylation sites is 1. The van der Waals surface area contributed by atoms with E-state index in [4.69, 9.17) is 4.74 Å². The Morgan fingerprint density at radius 1 is 1.45 bits per heavy atom. The van der Waals surface area contributed by atoms with Crippen LogP contribution >= 0.6 is 11.3 Å². The zero-order valence-corrected chi connectivity index (χ0v) is 11.9. The number of aryl methyl sites for hydroxylation is 1. The van der Waals surface area contributed by atoms with Gasteiger partial charge in [0.2, 0.25) is 0 Å². The van der Waals surface area contributed by atoms with E-state index in [1.165, 1.54) is 17.5 Å². The van der Waals surface area contributed by atoms with Crippen LogP contribution in [-0.4, -0.2) is 35.3 Å². The molecule has 20 heavy (non-hydrogen) atoms. The Morgan fingerprint density at radius 2 is 2.20 bits per heavy atom. The minimum Gasteiger partial charge on any atom is -0.491 e. The molecule has 1 aromatic carbocycles. The van der Waals surface area contributed by atoms with Gasteiger partial charge in [0.1, 0.15) is 23.3 Å². The third kappa shape index (κ3) is 4.32. The summed E-state index contributed by atoms with van der Waals surface area (Å²) in [6.07, 6.45) is 0.774. The Morgan fingerprint density at radius 3 is 2.85 bits per heavy atom. The number of aromatic nitrogens is 1.